The molecular formula is C31H29N3O5. The quantitative estimate of drug-likeness (QED) is 0.0934. The Morgan fingerprint density at radius 1 is 0.846 bits per heavy atom. The minimum absolute atomic E-state index is 0.268. The maximum Gasteiger partial charge on any atom is 0.343 e. The van der Waals surface area contributed by atoms with Crippen LogP contribution in [-0.4, -0.2) is 37.1 Å². The number of hydrogen-bond acceptors (Lipinski definition) is 6. The largest absolute Gasteiger partial charge is 0.494 e. The van der Waals surface area contributed by atoms with Crippen molar-refractivity contribution in [3.05, 3.63) is 108 Å². The number of nitrogens with zero attached hydrogens (tertiary/aromatic N) is 1. The topological polar surface area (TPSA) is 106 Å². The molecular weight excluding hydrogens is 494 g/mol. The van der Waals surface area contributed by atoms with Crippen molar-refractivity contribution in [2.75, 3.05) is 13.2 Å². The minimum Gasteiger partial charge on any atom is -0.494 e. The monoisotopic (exact) mass is 523 g/mol. The molecule has 198 valence electrons. The Hall–Kier alpha value is -4.98. The van der Waals surface area contributed by atoms with E-state index in [1.165, 1.54) is 6.21 Å². The summed E-state index contributed by atoms with van der Waals surface area (Å²) in [4.78, 5) is 37.4. The fourth-order valence-electron chi connectivity index (χ4n) is 3.74. The SMILES string of the molecule is CCCCOc1ccc(C(=O)NCC(=O)NN=Cc2c(OC(=O)c3ccccc3)ccc3ccccc23)cc1. The average molecular weight is 524 g/mol. The van der Waals surface area contributed by atoms with Crippen LogP contribution in [0.25, 0.3) is 10.8 Å². The summed E-state index contributed by atoms with van der Waals surface area (Å²) >= 11 is 0. The van der Waals surface area contributed by atoms with E-state index in [-0.39, 0.29) is 6.54 Å². The van der Waals surface area contributed by atoms with Gasteiger partial charge < -0.3 is 14.8 Å². The van der Waals surface area contributed by atoms with Crippen LogP contribution in [-0.2, 0) is 4.79 Å². The highest BCUT2D eigenvalue weighted by Crippen LogP contribution is 2.27. The molecule has 8 nitrogen and oxygen atoms in total. The number of benzene rings is 4. The average Bonchev–Trinajstić information content (AvgIpc) is 2.97. The van der Waals surface area contributed by atoms with Gasteiger partial charge in [0.1, 0.15) is 11.5 Å². The molecule has 4 rings (SSSR count). The predicted molar refractivity (Wildman–Crippen MR) is 150 cm³/mol. The Morgan fingerprint density at radius 2 is 1.59 bits per heavy atom. The van der Waals surface area contributed by atoms with Crippen LogP contribution in [0.5, 0.6) is 11.5 Å². The molecule has 0 atom stereocenters. The van der Waals surface area contributed by atoms with Gasteiger partial charge in [0.05, 0.1) is 24.9 Å². The third kappa shape index (κ3) is 7.52. The summed E-state index contributed by atoms with van der Waals surface area (Å²) in [5.41, 5.74) is 3.76. The van der Waals surface area contributed by atoms with Crippen LogP contribution in [0.3, 0.4) is 0 Å². The number of rotatable bonds is 11. The maximum absolute atomic E-state index is 12.6. The van der Waals surface area contributed by atoms with Crippen molar-refractivity contribution in [1.29, 1.82) is 0 Å². The van der Waals surface area contributed by atoms with E-state index in [1.807, 2.05) is 36.4 Å². The maximum atomic E-state index is 12.6. The number of carbonyl (C=O) groups excluding carboxylic acids is 3. The van der Waals surface area contributed by atoms with E-state index >= 15 is 0 Å². The van der Waals surface area contributed by atoms with Gasteiger partial charge in [-0.1, -0.05) is 61.9 Å². The number of fused-ring (bicyclic) bond motifs is 1. The molecule has 4 aromatic carbocycles. The Bertz CT molecular complexity index is 1470. The Kier molecular flexibility index (Phi) is 9.39. The second-order valence-electron chi connectivity index (χ2n) is 8.66. The van der Waals surface area contributed by atoms with E-state index in [1.54, 1.807) is 54.6 Å². The van der Waals surface area contributed by atoms with Crippen molar-refractivity contribution in [2.24, 2.45) is 5.10 Å². The Balaban J connectivity index is 1.38. The van der Waals surface area contributed by atoms with Gasteiger partial charge in [-0.25, -0.2) is 10.2 Å². The normalized spacial score (nSPS) is 10.8. The number of ether oxygens (including phenoxy) is 2. The molecule has 8 heteroatoms. The third-order valence-electron chi connectivity index (χ3n) is 5.82. The van der Waals surface area contributed by atoms with Gasteiger partial charge in [-0.15, -0.1) is 0 Å². The Labute approximate surface area is 226 Å². The number of hydrazone groups is 1. The fraction of sp³-hybridized carbons (Fsp3) is 0.161. The minimum atomic E-state index is -0.512. The zero-order valence-corrected chi connectivity index (χ0v) is 21.6. The molecule has 0 unspecified atom stereocenters. The van der Waals surface area contributed by atoms with Crippen molar-refractivity contribution in [1.82, 2.24) is 10.7 Å². The summed E-state index contributed by atoms with van der Waals surface area (Å²) in [6, 6.07) is 26.5. The number of esters is 1. The highest BCUT2D eigenvalue weighted by molar-refractivity contribution is 6.04. The van der Waals surface area contributed by atoms with Crippen molar-refractivity contribution < 1.29 is 23.9 Å². The lowest BCUT2D eigenvalue weighted by Gasteiger charge is -2.10. The summed E-state index contributed by atoms with van der Waals surface area (Å²) in [5, 5.41) is 8.33. The zero-order valence-electron chi connectivity index (χ0n) is 21.6. The Morgan fingerprint density at radius 3 is 2.36 bits per heavy atom. The van der Waals surface area contributed by atoms with E-state index in [0.717, 1.165) is 23.6 Å². The van der Waals surface area contributed by atoms with Crippen molar-refractivity contribution in [3.8, 4) is 11.5 Å². The molecule has 4 aromatic rings. The predicted octanol–water partition coefficient (Wildman–Crippen LogP) is 5.12. The van der Waals surface area contributed by atoms with E-state index in [4.69, 9.17) is 9.47 Å². The second-order valence-corrected chi connectivity index (χ2v) is 8.66. The van der Waals surface area contributed by atoms with Crippen molar-refractivity contribution >= 4 is 34.8 Å². The molecule has 0 spiro atoms. The van der Waals surface area contributed by atoms with Crippen molar-refractivity contribution in [2.45, 2.75) is 19.8 Å². The van der Waals surface area contributed by atoms with Crippen LogP contribution in [0.15, 0.2) is 96.1 Å². The summed E-state index contributed by atoms with van der Waals surface area (Å²) < 4.78 is 11.3. The molecule has 0 heterocycles. The van der Waals surface area contributed by atoms with Crippen LogP contribution in [0.2, 0.25) is 0 Å². The van der Waals surface area contributed by atoms with Gasteiger partial charge in [0, 0.05) is 11.1 Å². The summed E-state index contributed by atoms with van der Waals surface area (Å²) in [7, 11) is 0. The summed E-state index contributed by atoms with van der Waals surface area (Å²) in [6.07, 6.45) is 3.42. The third-order valence-corrected chi connectivity index (χ3v) is 5.82. The van der Waals surface area contributed by atoms with E-state index < -0.39 is 17.8 Å². The lowest BCUT2D eigenvalue weighted by atomic mass is 10.0. The molecule has 0 aliphatic heterocycles. The highest BCUT2D eigenvalue weighted by Gasteiger charge is 2.14. The second kappa shape index (κ2) is 13.5. The van der Waals surface area contributed by atoms with Gasteiger partial charge in [-0.05, 0) is 59.7 Å². The number of carbonyl (C=O) groups is 3. The lowest BCUT2D eigenvalue weighted by Crippen LogP contribution is -2.34. The first-order chi connectivity index (χ1) is 19.0. The molecule has 0 saturated heterocycles. The van der Waals surface area contributed by atoms with E-state index in [0.29, 0.717) is 34.8 Å². The first-order valence-corrected chi connectivity index (χ1v) is 12.7. The zero-order chi connectivity index (χ0) is 27.5. The molecule has 0 aliphatic carbocycles. The molecule has 2 amide bonds. The van der Waals surface area contributed by atoms with Crippen LogP contribution < -0.4 is 20.2 Å². The van der Waals surface area contributed by atoms with Crippen LogP contribution in [0.4, 0.5) is 0 Å². The lowest BCUT2D eigenvalue weighted by molar-refractivity contribution is -0.120. The first-order valence-electron chi connectivity index (χ1n) is 12.7. The summed E-state index contributed by atoms with van der Waals surface area (Å²) in [5.74, 6) is -0.418. The van der Waals surface area contributed by atoms with E-state index in [2.05, 4.69) is 22.8 Å². The molecule has 0 fully saturated rings. The van der Waals surface area contributed by atoms with Crippen LogP contribution in [0, 0.1) is 0 Å². The molecule has 2 N–H and O–H groups in total. The van der Waals surface area contributed by atoms with Gasteiger partial charge in [-0.3, -0.25) is 9.59 Å². The van der Waals surface area contributed by atoms with Crippen LogP contribution >= 0.6 is 0 Å². The smallest absolute Gasteiger partial charge is 0.343 e. The van der Waals surface area contributed by atoms with E-state index in [9.17, 15) is 14.4 Å². The van der Waals surface area contributed by atoms with Crippen LogP contribution in [0.1, 0.15) is 46.0 Å². The molecule has 0 radical (unpaired) electrons. The summed E-state index contributed by atoms with van der Waals surface area (Å²) in [6.45, 7) is 2.44. The van der Waals surface area contributed by atoms with Gasteiger partial charge in [0.25, 0.3) is 11.8 Å². The van der Waals surface area contributed by atoms with Gasteiger partial charge >= 0.3 is 5.97 Å². The molecule has 0 aliphatic rings. The van der Waals surface area contributed by atoms with Gasteiger partial charge in [0.2, 0.25) is 0 Å². The fourth-order valence-corrected chi connectivity index (χ4v) is 3.74. The molecule has 39 heavy (non-hydrogen) atoms. The molecule has 0 saturated carbocycles. The standard InChI is InChI=1S/C31H29N3O5/c1-2-3-19-38-25-16-13-23(14-17-25)30(36)32-21-29(35)34-33-20-27-26-12-8-7-9-22(26)15-18-28(27)39-31(37)24-10-5-4-6-11-24/h4-18,20H,2-3,19,21H2,1H3,(H,32,36)(H,34,35). The first kappa shape index (κ1) is 27.1. The highest BCUT2D eigenvalue weighted by atomic mass is 16.5. The van der Waals surface area contributed by atoms with Crippen molar-refractivity contribution in [3.63, 3.8) is 0 Å². The number of hydrogen-bond donors (Lipinski definition) is 2. The number of unbranched alkanes of at least 4 members (excludes halogenated alkanes) is 1. The molecule has 0 bridgehead atoms. The number of nitrogens with one attached hydrogen (secondary N) is 2. The van der Waals surface area contributed by atoms with Gasteiger partial charge in [0.15, 0.2) is 0 Å². The molecule has 0 aromatic heterocycles. The number of amides is 2. The van der Waals surface area contributed by atoms with Gasteiger partial charge in [-0.2, -0.15) is 5.10 Å².